The van der Waals surface area contributed by atoms with Gasteiger partial charge in [-0.05, 0) is 33.7 Å². The third-order valence-corrected chi connectivity index (χ3v) is 4.14. The molecule has 0 bridgehead atoms. The minimum atomic E-state index is -2.41. The monoisotopic (exact) mass is 203 g/mol. The Labute approximate surface area is 84.5 Å². The molecule has 2 fully saturated rings. The van der Waals surface area contributed by atoms with E-state index >= 15 is 0 Å². The standard InChI is InChI=1S/C11H19F2N/c1-9(2,3)14-6-5-10(4)8(7-14)11(10,12)13/h8H,5-7H2,1-4H3. The van der Waals surface area contributed by atoms with Gasteiger partial charge in [-0.1, -0.05) is 6.92 Å². The lowest BCUT2D eigenvalue weighted by atomic mass is 9.94. The second-order valence-electron chi connectivity index (χ2n) is 5.96. The van der Waals surface area contributed by atoms with Crippen LogP contribution in [0.4, 0.5) is 8.78 Å². The summed E-state index contributed by atoms with van der Waals surface area (Å²) in [7, 11) is 0. The first-order valence-corrected chi connectivity index (χ1v) is 5.32. The van der Waals surface area contributed by atoms with Crippen LogP contribution in [0.15, 0.2) is 0 Å². The highest BCUT2D eigenvalue weighted by Gasteiger charge is 2.78. The van der Waals surface area contributed by atoms with Crippen molar-refractivity contribution in [2.75, 3.05) is 13.1 Å². The minimum Gasteiger partial charge on any atom is -0.298 e. The summed E-state index contributed by atoms with van der Waals surface area (Å²) in [6.45, 7) is 9.39. The molecule has 0 aromatic rings. The largest absolute Gasteiger partial charge is 0.298 e. The average Bonchev–Trinajstić information content (AvgIpc) is 2.44. The van der Waals surface area contributed by atoms with Gasteiger partial charge in [0.1, 0.15) is 0 Å². The Morgan fingerprint density at radius 2 is 1.86 bits per heavy atom. The fourth-order valence-corrected chi connectivity index (χ4v) is 2.62. The van der Waals surface area contributed by atoms with Crippen molar-refractivity contribution in [2.24, 2.45) is 11.3 Å². The normalized spacial score (nSPS) is 42.0. The molecule has 1 saturated heterocycles. The van der Waals surface area contributed by atoms with Gasteiger partial charge < -0.3 is 0 Å². The van der Waals surface area contributed by atoms with E-state index in [0.717, 1.165) is 6.54 Å². The number of hydrogen-bond donors (Lipinski definition) is 0. The van der Waals surface area contributed by atoms with Gasteiger partial charge in [-0.25, -0.2) is 8.78 Å². The summed E-state index contributed by atoms with van der Waals surface area (Å²) in [5, 5.41) is 0. The van der Waals surface area contributed by atoms with Crippen LogP contribution in [0.1, 0.15) is 34.1 Å². The fourth-order valence-electron chi connectivity index (χ4n) is 2.62. The van der Waals surface area contributed by atoms with Crippen LogP contribution < -0.4 is 0 Å². The maximum Gasteiger partial charge on any atom is 0.258 e. The molecule has 0 amide bonds. The molecule has 1 nitrogen and oxygen atoms in total. The molecular weight excluding hydrogens is 184 g/mol. The summed E-state index contributed by atoms with van der Waals surface area (Å²) >= 11 is 0. The highest BCUT2D eigenvalue weighted by Crippen LogP contribution is 2.69. The molecule has 2 aliphatic rings. The first-order valence-electron chi connectivity index (χ1n) is 5.32. The van der Waals surface area contributed by atoms with Crippen molar-refractivity contribution in [1.29, 1.82) is 0 Å². The van der Waals surface area contributed by atoms with Gasteiger partial charge in [-0.15, -0.1) is 0 Å². The Morgan fingerprint density at radius 3 is 2.29 bits per heavy atom. The van der Waals surface area contributed by atoms with Crippen molar-refractivity contribution in [2.45, 2.75) is 45.6 Å². The van der Waals surface area contributed by atoms with Gasteiger partial charge in [0.2, 0.25) is 0 Å². The number of fused-ring (bicyclic) bond motifs is 1. The van der Waals surface area contributed by atoms with Crippen LogP contribution in [0.3, 0.4) is 0 Å². The first kappa shape index (κ1) is 10.3. The molecule has 0 N–H and O–H groups in total. The molecule has 2 rings (SSSR count). The number of likely N-dealkylation sites (tertiary alicyclic amines) is 1. The van der Waals surface area contributed by atoms with Gasteiger partial charge in [0.25, 0.3) is 5.92 Å². The molecule has 14 heavy (non-hydrogen) atoms. The molecule has 1 aliphatic carbocycles. The summed E-state index contributed by atoms with van der Waals surface area (Å²) in [4.78, 5) is 2.18. The molecule has 3 heteroatoms. The van der Waals surface area contributed by atoms with Crippen molar-refractivity contribution >= 4 is 0 Å². The molecule has 1 aliphatic heterocycles. The Bertz CT molecular complexity index is 257. The molecule has 0 radical (unpaired) electrons. The van der Waals surface area contributed by atoms with Gasteiger partial charge in [-0.2, -0.15) is 0 Å². The smallest absolute Gasteiger partial charge is 0.258 e. The Balaban J connectivity index is 2.09. The molecular formula is C11H19F2N. The van der Waals surface area contributed by atoms with Crippen LogP contribution in [-0.4, -0.2) is 29.5 Å². The van der Waals surface area contributed by atoms with E-state index in [0.29, 0.717) is 13.0 Å². The Hall–Kier alpha value is -0.180. The molecule has 82 valence electrons. The highest BCUT2D eigenvalue weighted by atomic mass is 19.3. The lowest BCUT2D eigenvalue weighted by Gasteiger charge is -2.39. The SMILES string of the molecule is CC(C)(C)N1CCC2(C)C(C1)C2(F)F. The lowest BCUT2D eigenvalue weighted by molar-refractivity contribution is 0.0636. The second kappa shape index (κ2) is 2.49. The van der Waals surface area contributed by atoms with Crippen molar-refractivity contribution in [3.8, 4) is 0 Å². The second-order valence-corrected chi connectivity index (χ2v) is 5.96. The van der Waals surface area contributed by atoms with Gasteiger partial charge in [0, 0.05) is 23.4 Å². The molecule has 1 heterocycles. The minimum absolute atomic E-state index is 0.0278. The number of nitrogens with zero attached hydrogens (tertiary/aromatic N) is 1. The molecule has 0 aromatic carbocycles. The molecule has 0 spiro atoms. The topological polar surface area (TPSA) is 3.24 Å². The van der Waals surface area contributed by atoms with Gasteiger partial charge in [0.15, 0.2) is 0 Å². The number of alkyl halides is 2. The molecule has 1 saturated carbocycles. The van der Waals surface area contributed by atoms with Crippen LogP contribution in [0, 0.1) is 11.3 Å². The van der Waals surface area contributed by atoms with Crippen LogP contribution >= 0.6 is 0 Å². The van der Waals surface area contributed by atoms with Crippen LogP contribution in [0.5, 0.6) is 0 Å². The van der Waals surface area contributed by atoms with Gasteiger partial charge >= 0.3 is 0 Å². The summed E-state index contributed by atoms with van der Waals surface area (Å²) in [6, 6.07) is 0. The highest BCUT2D eigenvalue weighted by molar-refractivity contribution is 5.19. The van der Waals surface area contributed by atoms with E-state index in [-0.39, 0.29) is 5.54 Å². The van der Waals surface area contributed by atoms with E-state index in [9.17, 15) is 8.78 Å². The maximum atomic E-state index is 13.4. The fraction of sp³-hybridized carbons (Fsp3) is 1.00. The Kier molecular flexibility index (Phi) is 1.84. The summed E-state index contributed by atoms with van der Waals surface area (Å²) in [6.07, 6.45) is 0.641. The van der Waals surface area contributed by atoms with E-state index in [1.165, 1.54) is 0 Å². The van der Waals surface area contributed by atoms with Gasteiger partial charge in [-0.3, -0.25) is 4.90 Å². The van der Waals surface area contributed by atoms with E-state index in [4.69, 9.17) is 0 Å². The summed E-state index contributed by atoms with van der Waals surface area (Å²) < 4.78 is 26.8. The lowest BCUT2D eigenvalue weighted by Crippen LogP contribution is -2.46. The first-order chi connectivity index (χ1) is 6.19. The number of piperidine rings is 1. The maximum absolute atomic E-state index is 13.4. The molecule has 2 unspecified atom stereocenters. The van der Waals surface area contributed by atoms with E-state index < -0.39 is 17.3 Å². The third kappa shape index (κ3) is 1.14. The van der Waals surface area contributed by atoms with Crippen molar-refractivity contribution in [3.05, 3.63) is 0 Å². The predicted octanol–water partition coefficient (Wildman–Crippen LogP) is 2.76. The average molecular weight is 203 g/mol. The zero-order valence-corrected chi connectivity index (χ0v) is 9.40. The van der Waals surface area contributed by atoms with Crippen molar-refractivity contribution < 1.29 is 8.78 Å². The van der Waals surface area contributed by atoms with E-state index in [2.05, 4.69) is 25.7 Å². The zero-order valence-electron chi connectivity index (χ0n) is 9.40. The third-order valence-electron chi connectivity index (χ3n) is 4.14. The number of hydrogen-bond acceptors (Lipinski definition) is 1. The molecule has 2 atom stereocenters. The van der Waals surface area contributed by atoms with Crippen LogP contribution in [-0.2, 0) is 0 Å². The van der Waals surface area contributed by atoms with Crippen molar-refractivity contribution in [1.82, 2.24) is 4.90 Å². The number of halogens is 2. The van der Waals surface area contributed by atoms with Gasteiger partial charge in [0.05, 0.1) is 0 Å². The zero-order chi connectivity index (χ0) is 10.8. The Morgan fingerprint density at radius 1 is 1.29 bits per heavy atom. The van der Waals surface area contributed by atoms with Crippen LogP contribution in [0.25, 0.3) is 0 Å². The van der Waals surface area contributed by atoms with E-state index in [1.807, 2.05) is 0 Å². The quantitative estimate of drug-likeness (QED) is 0.585. The van der Waals surface area contributed by atoms with E-state index in [1.54, 1.807) is 6.92 Å². The number of rotatable bonds is 0. The predicted molar refractivity (Wildman–Crippen MR) is 52.5 cm³/mol. The van der Waals surface area contributed by atoms with Crippen LogP contribution in [0.2, 0.25) is 0 Å². The summed E-state index contributed by atoms with van der Waals surface area (Å²) in [5.41, 5.74) is -0.658. The van der Waals surface area contributed by atoms with Crippen molar-refractivity contribution in [3.63, 3.8) is 0 Å². The molecule has 0 aromatic heterocycles. The summed E-state index contributed by atoms with van der Waals surface area (Å²) in [5.74, 6) is -2.81.